The van der Waals surface area contributed by atoms with Gasteiger partial charge in [-0.2, -0.15) is 0 Å². The number of aromatic hydroxyl groups is 1. The van der Waals surface area contributed by atoms with Crippen LogP contribution in [0.3, 0.4) is 0 Å². The molecule has 0 spiro atoms. The summed E-state index contributed by atoms with van der Waals surface area (Å²) in [4.78, 5) is 12.7. The fourth-order valence-electron chi connectivity index (χ4n) is 0.949. The Morgan fingerprint density at radius 3 is 2.59 bits per heavy atom. The monoisotopic (exact) mass is 316 g/mol. The van der Waals surface area contributed by atoms with Crippen molar-refractivity contribution in [2.75, 3.05) is 0 Å². The molecule has 0 aromatic carbocycles. The first kappa shape index (κ1) is 13.5. The Kier molecular flexibility index (Phi) is 3.76. The van der Waals surface area contributed by atoms with Crippen LogP contribution in [-0.4, -0.2) is 21.4 Å². The van der Waals surface area contributed by atoms with Crippen LogP contribution in [0.5, 0.6) is 11.5 Å². The van der Waals surface area contributed by atoms with Crippen LogP contribution in [0.15, 0.2) is 6.07 Å². The van der Waals surface area contributed by atoms with Crippen LogP contribution in [0, 0.1) is 10.1 Å². The molecule has 0 saturated heterocycles. The van der Waals surface area contributed by atoms with Crippen LogP contribution in [0.4, 0.5) is 19.0 Å². The average Bonchev–Trinajstić information content (AvgIpc) is 2.18. The summed E-state index contributed by atoms with van der Waals surface area (Å²) in [5.41, 5.74) is -0.0752. The minimum atomic E-state index is -5.06. The molecule has 6 nitrogen and oxygen atoms in total. The van der Waals surface area contributed by atoms with Gasteiger partial charge in [0.15, 0.2) is 11.4 Å². The van der Waals surface area contributed by atoms with Gasteiger partial charge in [-0.3, -0.25) is 0 Å². The van der Waals surface area contributed by atoms with Crippen molar-refractivity contribution in [3.05, 3.63) is 21.9 Å². The summed E-state index contributed by atoms with van der Waals surface area (Å²) in [5, 5.41) is 19.6. The molecule has 1 heterocycles. The Morgan fingerprint density at radius 2 is 2.18 bits per heavy atom. The fraction of sp³-hybridized carbons (Fsp3) is 0.286. The molecule has 0 radical (unpaired) electrons. The van der Waals surface area contributed by atoms with Crippen molar-refractivity contribution >= 4 is 21.7 Å². The highest BCUT2D eigenvalue weighted by Gasteiger charge is 2.35. The van der Waals surface area contributed by atoms with Crippen LogP contribution in [-0.2, 0) is 5.33 Å². The van der Waals surface area contributed by atoms with Gasteiger partial charge in [-0.1, -0.05) is 15.9 Å². The van der Waals surface area contributed by atoms with Crippen LogP contribution in [0.1, 0.15) is 5.69 Å². The van der Waals surface area contributed by atoms with Gasteiger partial charge in [-0.15, -0.1) is 13.2 Å². The number of nitrogens with zero attached hydrogens (tertiary/aromatic N) is 2. The summed E-state index contributed by atoms with van der Waals surface area (Å²) in [5.74, 6) is -3.42. The van der Waals surface area contributed by atoms with E-state index in [9.17, 15) is 28.4 Å². The van der Waals surface area contributed by atoms with E-state index in [-0.39, 0.29) is 11.0 Å². The number of rotatable bonds is 3. The van der Waals surface area contributed by atoms with Crippen LogP contribution >= 0.6 is 15.9 Å². The van der Waals surface area contributed by atoms with Crippen molar-refractivity contribution in [3.63, 3.8) is 0 Å². The van der Waals surface area contributed by atoms with Gasteiger partial charge < -0.3 is 20.0 Å². The van der Waals surface area contributed by atoms with E-state index in [0.717, 1.165) is 6.07 Å². The lowest BCUT2D eigenvalue weighted by Crippen LogP contribution is -2.17. The summed E-state index contributed by atoms with van der Waals surface area (Å²) in [6, 6.07) is 0.755. The molecule has 0 fully saturated rings. The molecular formula is C7H4BrF3N2O4. The Hall–Kier alpha value is -1.58. The molecule has 0 saturated carbocycles. The van der Waals surface area contributed by atoms with E-state index < -0.39 is 28.6 Å². The molecular weight excluding hydrogens is 313 g/mol. The Bertz CT molecular complexity index is 451. The third kappa shape index (κ3) is 3.44. The number of pyridine rings is 1. The molecule has 1 rings (SSSR count). The van der Waals surface area contributed by atoms with E-state index in [2.05, 4.69) is 25.7 Å². The molecule has 0 bridgehead atoms. The van der Waals surface area contributed by atoms with Gasteiger partial charge in [0.2, 0.25) is 0 Å². The highest BCUT2D eigenvalue weighted by atomic mass is 79.9. The molecule has 1 N–H and O–H groups in total. The maximum Gasteiger partial charge on any atom is 0.573 e. The molecule has 94 valence electrons. The summed E-state index contributed by atoms with van der Waals surface area (Å²) in [6.07, 6.45) is -5.06. The van der Waals surface area contributed by atoms with E-state index in [1.807, 2.05) is 0 Å². The first-order chi connectivity index (χ1) is 7.74. The quantitative estimate of drug-likeness (QED) is 0.526. The topological polar surface area (TPSA) is 85.5 Å². The van der Waals surface area contributed by atoms with Gasteiger partial charge in [-0.25, -0.2) is 0 Å². The van der Waals surface area contributed by atoms with Crippen molar-refractivity contribution in [1.82, 2.24) is 4.98 Å². The van der Waals surface area contributed by atoms with Gasteiger partial charge in [0.25, 0.3) is 5.75 Å². The molecule has 0 atom stereocenters. The lowest BCUT2D eigenvalue weighted by molar-refractivity contribution is -0.390. The summed E-state index contributed by atoms with van der Waals surface area (Å²) < 4.78 is 39.3. The fourth-order valence-corrected chi connectivity index (χ4v) is 1.24. The molecule has 0 aliphatic carbocycles. The second-order valence-corrected chi connectivity index (χ2v) is 3.28. The van der Waals surface area contributed by atoms with E-state index in [1.165, 1.54) is 0 Å². The van der Waals surface area contributed by atoms with E-state index in [0.29, 0.717) is 0 Å². The average molecular weight is 317 g/mol. The molecule has 1 aromatic rings. The van der Waals surface area contributed by atoms with Crippen molar-refractivity contribution in [2.24, 2.45) is 0 Å². The number of hydrogen-bond acceptors (Lipinski definition) is 5. The third-order valence-corrected chi connectivity index (χ3v) is 2.10. The maximum atomic E-state index is 12.0. The number of nitro groups is 1. The van der Waals surface area contributed by atoms with E-state index in [4.69, 9.17) is 0 Å². The number of alkyl halides is 4. The molecule has 17 heavy (non-hydrogen) atoms. The summed E-state index contributed by atoms with van der Waals surface area (Å²) in [6.45, 7) is 0. The first-order valence-electron chi connectivity index (χ1n) is 3.93. The number of aromatic nitrogens is 1. The van der Waals surface area contributed by atoms with Crippen molar-refractivity contribution in [1.29, 1.82) is 0 Å². The van der Waals surface area contributed by atoms with Gasteiger partial charge in [0, 0.05) is 6.07 Å². The smallest absolute Gasteiger partial charge is 0.498 e. The molecule has 0 unspecified atom stereocenters. The minimum Gasteiger partial charge on any atom is -0.498 e. The van der Waals surface area contributed by atoms with Crippen molar-refractivity contribution in [3.8, 4) is 11.5 Å². The predicted molar refractivity (Wildman–Crippen MR) is 51.9 cm³/mol. The van der Waals surface area contributed by atoms with Gasteiger partial charge in [0.05, 0.1) is 5.33 Å². The van der Waals surface area contributed by atoms with Crippen LogP contribution < -0.4 is 4.74 Å². The zero-order valence-corrected chi connectivity index (χ0v) is 9.45. The molecule has 1 aromatic heterocycles. The third-order valence-electron chi connectivity index (χ3n) is 1.53. The zero-order chi connectivity index (χ0) is 13.2. The lowest BCUT2D eigenvalue weighted by Gasteiger charge is -2.10. The molecule has 0 aliphatic heterocycles. The molecule has 0 aliphatic rings. The Labute approximate surface area is 100 Å². The number of halogens is 4. The molecule has 10 heteroatoms. The van der Waals surface area contributed by atoms with Gasteiger partial charge in [-0.05, 0) is 9.91 Å². The molecule has 0 amide bonds. The Balaban J connectivity index is 3.29. The summed E-state index contributed by atoms with van der Waals surface area (Å²) in [7, 11) is 0. The standard InChI is InChI=1S/C7H4BrF3N2O4/c8-2-3-1-4(17-7(9,10)11)5(14)6(12-3)13(15)16/h1,14H,2H2. The first-order valence-corrected chi connectivity index (χ1v) is 5.05. The minimum absolute atomic E-state index is 0.0255. The number of hydrogen-bond donors (Lipinski definition) is 1. The Morgan fingerprint density at radius 1 is 1.59 bits per heavy atom. The van der Waals surface area contributed by atoms with Crippen molar-refractivity contribution in [2.45, 2.75) is 11.7 Å². The second kappa shape index (κ2) is 4.73. The maximum absolute atomic E-state index is 12.0. The normalized spacial score (nSPS) is 11.3. The zero-order valence-electron chi connectivity index (χ0n) is 7.86. The summed E-state index contributed by atoms with van der Waals surface area (Å²) >= 11 is 2.88. The van der Waals surface area contributed by atoms with Crippen molar-refractivity contribution < 1.29 is 27.9 Å². The van der Waals surface area contributed by atoms with Crippen LogP contribution in [0.2, 0.25) is 0 Å². The SMILES string of the molecule is O=[N+]([O-])c1nc(CBr)cc(OC(F)(F)F)c1O. The highest BCUT2D eigenvalue weighted by molar-refractivity contribution is 9.08. The highest BCUT2D eigenvalue weighted by Crippen LogP contribution is 2.38. The van der Waals surface area contributed by atoms with E-state index >= 15 is 0 Å². The van der Waals surface area contributed by atoms with Gasteiger partial charge >= 0.3 is 12.2 Å². The largest absolute Gasteiger partial charge is 0.573 e. The lowest BCUT2D eigenvalue weighted by atomic mass is 10.3. The number of ether oxygens (including phenoxy) is 1. The van der Waals surface area contributed by atoms with E-state index in [1.54, 1.807) is 0 Å². The predicted octanol–water partition coefficient (Wildman–Crippen LogP) is 2.49. The van der Waals surface area contributed by atoms with Crippen LogP contribution in [0.25, 0.3) is 0 Å². The van der Waals surface area contributed by atoms with Gasteiger partial charge in [0.1, 0.15) is 0 Å². The second-order valence-electron chi connectivity index (χ2n) is 2.72.